The topological polar surface area (TPSA) is 75.0 Å². The SMILES string of the molecule is CCCCCCCCCCCCCCCc1cccc(OC(CCCC)C(=O)Nc2ncccc2C#N)c1. The van der Waals surface area contributed by atoms with Crippen LogP contribution in [0, 0.1) is 11.3 Å². The van der Waals surface area contributed by atoms with Crippen LogP contribution in [0.4, 0.5) is 5.82 Å². The van der Waals surface area contributed by atoms with Gasteiger partial charge in [0.25, 0.3) is 5.91 Å². The number of anilines is 1. The van der Waals surface area contributed by atoms with Crippen LogP contribution in [0.15, 0.2) is 42.6 Å². The normalized spacial score (nSPS) is 11.6. The van der Waals surface area contributed by atoms with E-state index in [9.17, 15) is 10.1 Å². The van der Waals surface area contributed by atoms with Gasteiger partial charge in [-0.1, -0.05) is 109 Å². The lowest BCUT2D eigenvalue weighted by Gasteiger charge is -2.19. The fourth-order valence-electron chi connectivity index (χ4n) is 4.71. The molecule has 0 fully saturated rings. The second-order valence-electron chi connectivity index (χ2n) is 10.4. The van der Waals surface area contributed by atoms with E-state index >= 15 is 0 Å². The Balaban J connectivity index is 1.71. The van der Waals surface area contributed by atoms with Gasteiger partial charge in [-0.25, -0.2) is 4.98 Å². The highest BCUT2D eigenvalue weighted by atomic mass is 16.5. The minimum atomic E-state index is -0.630. The predicted octanol–water partition coefficient (Wildman–Crippen LogP) is 9.16. The van der Waals surface area contributed by atoms with Crippen LogP contribution < -0.4 is 10.1 Å². The quantitative estimate of drug-likeness (QED) is 0.167. The molecule has 0 aliphatic rings. The molecule has 208 valence electrons. The van der Waals surface area contributed by atoms with Crippen molar-refractivity contribution in [1.29, 1.82) is 5.26 Å². The van der Waals surface area contributed by atoms with Crippen molar-refractivity contribution in [3.05, 3.63) is 53.7 Å². The van der Waals surface area contributed by atoms with Gasteiger partial charge in [0.15, 0.2) is 11.9 Å². The van der Waals surface area contributed by atoms with Crippen molar-refractivity contribution in [2.75, 3.05) is 5.32 Å². The van der Waals surface area contributed by atoms with E-state index < -0.39 is 6.10 Å². The van der Waals surface area contributed by atoms with Crippen LogP contribution >= 0.6 is 0 Å². The maximum absolute atomic E-state index is 13.0. The molecule has 2 aromatic rings. The molecule has 1 heterocycles. The van der Waals surface area contributed by atoms with E-state index in [1.54, 1.807) is 18.3 Å². The van der Waals surface area contributed by atoms with Crippen molar-refractivity contribution in [3.63, 3.8) is 0 Å². The number of rotatable bonds is 21. The average molecular weight is 520 g/mol. The number of nitrogens with one attached hydrogen (secondary N) is 1. The standard InChI is InChI=1S/C33H49N3O2/c1-3-5-7-8-9-10-11-12-13-14-15-16-17-20-28-21-18-23-30(26-28)38-31(24-6-4-2)33(37)36-32-29(27-34)22-19-25-35-32/h18-19,21-23,25-26,31H,3-17,20,24H2,1-2H3,(H,35,36,37). The Kier molecular flexibility index (Phi) is 16.6. The number of nitrogens with zero attached hydrogens (tertiary/aromatic N) is 2. The van der Waals surface area contributed by atoms with Crippen LogP contribution in [-0.4, -0.2) is 17.0 Å². The number of aromatic nitrogens is 1. The number of ether oxygens (including phenoxy) is 1. The first-order valence-corrected chi connectivity index (χ1v) is 15.1. The van der Waals surface area contributed by atoms with Gasteiger partial charge in [0, 0.05) is 6.20 Å². The minimum Gasteiger partial charge on any atom is -0.481 e. The monoisotopic (exact) mass is 519 g/mol. The molecule has 0 radical (unpaired) electrons. The van der Waals surface area contributed by atoms with Gasteiger partial charge in [-0.2, -0.15) is 5.26 Å². The van der Waals surface area contributed by atoms with Crippen molar-refractivity contribution in [3.8, 4) is 11.8 Å². The van der Waals surface area contributed by atoms with E-state index in [-0.39, 0.29) is 11.7 Å². The van der Waals surface area contributed by atoms with E-state index in [1.165, 1.54) is 89.0 Å². The Bertz CT molecular complexity index is 953. The zero-order valence-electron chi connectivity index (χ0n) is 23.9. The summed E-state index contributed by atoms with van der Waals surface area (Å²) < 4.78 is 6.16. The maximum Gasteiger partial charge on any atom is 0.266 e. The van der Waals surface area contributed by atoms with Gasteiger partial charge in [-0.05, 0) is 55.5 Å². The van der Waals surface area contributed by atoms with Gasteiger partial charge >= 0.3 is 0 Å². The summed E-state index contributed by atoms with van der Waals surface area (Å²) in [6.45, 7) is 4.37. The molecule has 1 amide bonds. The number of pyridine rings is 1. The average Bonchev–Trinajstić information content (AvgIpc) is 2.94. The molecule has 1 aromatic heterocycles. The van der Waals surface area contributed by atoms with Gasteiger partial charge in [0.2, 0.25) is 0 Å². The molecule has 5 heteroatoms. The number of aryl methyl sites for hydroxylation is 1. The molecular formula is C33H49N3O2. The van der Waals surface area contributed by atoms with Gasteiger partial charge in [0.1, 0.15) is 11.8 Å². The summed E-state index contributed by atoms with van der Waals surface area (Å²) in [5, 5.41) is 12.1. The third-order valence-electron chi connectivity index (χ3n) is 7.03. The Morgan fingerprint density at radius 2 is 1.50 bits per heavy atom. The highest BCUT2D eigenvalue weighted by Crippen LogP contribution is 2.21. The van der Waals surface area contributed by atoms with Crippen LogP contribution in [0.3, 0.4) is 0 Å². The Morgan fingerprint density at radius 3 is 2.13 bits per heavy atom. The number of carbonyl (C=O) groups excluding carboxylic acids is 1. The van der Waals surface area contributed by atoms with E-state index in [0.717, 1.165) is 25.0 Å². The van der Waals surface area contributed by atoms with Crippen molar-refractivity contribution >= 4 is 11.7 Å². The van der Waals surface area contributed by atoms with Gasteiger partial charge < -0.3 is 10.1 Å². The molecule has 2 rings (SSSR count). The molecule has 1 unspecified atom stereocenters. The molecule has 38 heavy (non-hydrogen) atoms. The first-order valence-electron chi connectivity index (χ1n) is 15.1. The summed E-state index contributed by atoms with van der Waals surface area (Å²) in [7, 11) is 0. The molecule has 0 aliphatic carbocycles. The number of unbranched alkanes of at least 4 members (excludes halogenated alkanes) is 13. The number of carbonyl (C=O) groups is 1. The molecule has 0 spiro atoms. The van der Waals surface area contributed by atoms with Crippen molar-refractivity contribution in [1.82, 2.24) is 4.98 Å². The van der Waals surface area contributed by atoms with E-state index in [4.69, 9.17) is 4.74 Å². The van der Waals surface area contributed by atoms with Crippen molar-refractivity contribution in [2.45, 2.75) is 129 Å². The van der Waals surface area contributed by atoms with Gasteiger partial charge in [-0.15, -0.1) is 0 Å². The lowest BCUT2D eigenvalue weighted by molar-refractivity contribution is -0.123. The zero-order valence-corrected chi connectivity index (χ0v) is 23.9. The second kappa shape index (κ2) is 20.1. The van der Waals surface area contributed by atoms with Gasteiger partial charge in [-0.3, -0.25) is 4.79 Å². The fraction of sp³-hybridized carbons (Fsp3) is 0.606. The highest BCUT2D eigenvalue weighted by Gasteiger charge is 2.21. The van der Waals surface area contributed by atoms with Crippen LogP contribution in [0.25, 0.3) is 0 Å². The van der Waals surface area contributed by atoms with E-state index in [1.807, 2.05) is 12.1 Å². The number of hydrogen-bond donors (Lipinski definition) is 1. The molecule has 0 saturated carbocycles. The Labute approximate surface area is 231 Å². The first kappa shape index (κ1) is 31.3. The lowest BCUT2D eigenvalue weighted by Crippen LogP contribution is -2.33. The maximum atomic E-state index is 13.0. The van der Waals surface area contributed by atoms with E-state index in [2.05, 4.69) is 42.4 Å². The molecule has 1 atom stereocenters. The van der Waals surface area contributed by atoms with Crippen LogP contribution in [-0.2, 0) is 11.2 Å². The predicted molar refractivity (Wildman–Crippen MR) is 157 cm³/mol. The minimum absolute atomic E-state index is 0.268. The van der Waals surface area contributed by atoms with Crippen molar-refractivity contribution in [2.24, 2.45) is 0 Å². The largest absolute Gasteiger partial charge is 0.481 e. The van der Waals surface area contributed by atoms with Crippen LogP contribution in [0.2, 0.25) is 0 Å². The first-order chi connectivity index (χ1) is 18.7. The molecule has 0 bridgehead atoms. The Hall–Kier alpha value is -2.87. The third kappa shape index (κ3) is 13.1. The van der Waals surface area contributed by atoms with Crippen molar-refractivity contribution < 1.29 is 9.53 Å². The molecular weight excluding hydrogens is 470 g/mol. The molecule has 0 aliphatic heterocycles. The lowest BCUT2D eigenvalue weighted by atomic mass is 10.0. The molecule has 1 N–H and O–H groups in total. The number of amides is 1. The summed E-state index contributed by atoms with van der Waals surface area (Å²) in [4.78, 5) is 17.1. The second-order valence-corrected chi connectivity index (χ2v) is 10.4. The Morgan fingerprint density at radius 1 is 0.868 bits per heavy atom. The molecule has 1 aromatic carbocycles. The van der Waals surface area contributed by atoms with E-state index in [0.29, 0.717) is 12.0 Å². The zero-order chi connectivity index (χ0) is 27.3. The molecule has 5 nitrogen and oxygen atoms in total. The van der Waals surface area contributed by atoms with Crippen LogP contribution in [0.5, 0.6) is 5.75 Å². The summed E-state index contributed by atoms with van der Waals surface area (Å²) >= 11 is 0. The summed E-state index contributed by atoms with van der Waals surface area (Å²) in [5.41, 5.74) is 1.59. The third-order valence-corrected chi connectivity index (χ3v) is 7.03. The fourth-order valence-corrected chi connectivity index (χ4v) is 4.71. The highest BCUT2D eigenvalue weighted by molar-refractivity contribution is 5.94. The summed E-state index contributed by atoms with van der Waals surface area (Å²) in [6, 6.07) is 13.5. The smallest absolute Gasteiger partial charge is 0.266 e. The summed E-state index contributed by atoms with van der Waals surface area (Å²) in [6.07, 6.45) is 22.1. The van der Waals surface area contributed by atoms with Gasteiger partial charge in [0.05, 0.1) is 5.56 Å². The number of nitriles is 1. The van der Waals surface area contributed by atoms with Crippen LogP contribution in [0.1, 0.15) is 128 Å². The molecule has 0 saturated heterocycles. The number of hydrogen-bond acceptors (Lipinski definition) is 4. The number of benzene rings is 1. The summed E-state index contributed by atoms with van der Waals surface area (Å²) in [5.74, 6) is 0.728.